The molecule has 0 spiro atoms. The Morgan fingerprint density at radius 2 is 2.00 bits per heavy atom. The molecule has 0 unspecified atom stereocenters. The molecule has 3 rings (SSSR count). The van der Waals surface area contributed by atoms with Crippen LogP contribution in [0.5, 0.6) is 5.75 Å². The predicted molar refractivity (Wildman–Crippen MR) is 120 cm³/mol. The van der Waals surface area contributed by atoms with Crippen molar-refractivity contribution in [2.24, 2.45) is 5.73 Å². The zero-order valence-corrected chi connectivity index (χ0v) is 19.2. The van der Waals surface area contributed by atoms with Gasteiger partial charge in [0.1, 0.15) is 16.3 Å². The molecule has 2 amide bonds. The van der Waals surface area contributed by atoms with E-state index >= 15 is 0 Å². The highest BCUT2D eigenvalue weighted by Gasteiger charge is 2.45. The van der Waals surface area contributed by atoms with Crippen LogP contribution in [0.1, 0.15) is 78.6 Å². The van der Waals surface area contributed by atoms with Crippen molar-refractivity contribution >= 4 is 28.2 Å². The summed E-state index contributed by atoms with van der Waals surface area (Å²) in [7, 11) is 0. The summed E-state index contributed by atoms with van der Waals surface area (Å²) in [4.78, 5) is 26.4. The number of nitrogens with one attached hydrogen (secondary N) is 1. The fourth-order valence-electron chi connectivity index (χ4n) is 4.29. The van der Waals surface area contributed by atoms with Crippen molar-refractivity contribution < 1.29 is 19.6 Å². The Labute approximate surface area is 182 Å². The molecule has 2 heterocycles. The lowest BCUT2D eigenvalue weighted by molar-refractivity contribution is -0.789. The van der Waals surface area contributed by atoms with E-state index in [2.05, 4.69) is 45.3 Å². The minimum atomic E-state index is -0.507. The maximum absolute atomic E-state index is 13.0. The molecule has 0 bridgehead atoms. The SMILES string of the molecule is CCCCOc1cccc(C(=O)Nc2sc3c(c2C(N)=O)CC(C)(C)[NH2+]C3(C)C)c1. The van der Waals surface area contributed by atoms with Gasteiger partial charge < -0.3 is 21.1 Å². The molecule has 162 valence electrons. The summed E-state index contributed by atoms with van der Waals surface area (Å²) in [5, 5.41) is 5.77. The van der Waals surface area contributed by atoms with Crippen molar-refractivity contribution in [3.05, 3.63) is 45.8 Å². The van der Waals surface area contributed by atoms with Gasteiger partial charge in [0.15, 0.2) is 0 Å². The highest BCUT2D eigenvalue weighted by Crippen LogP contribution is 2.42. The number of carbonyl (C=O) groups excluding carboxylic acids is 2. The van der Waals surface area contributed by atoms with Gasteiger partial charge >= 0.3 is 0 Å². The van der Waals surface area contributed by atoms with E-state index in [1.54, 1.807) is 18.2 Å². The number of hydrogen-bond acceptors (Lipinski definition) is 4. The topological polar surface area (TPSA) is 98.0 Å². The van der Waals surface area contributed by atoms with Crippen LogP contribution in [0.2, 0.25) is 0 Å². The fraction of sp³-hybridized carbons (Fsp3) is 0.478. The van der Waals surface area contributed by atoms with Gasteiger partial charge in [-0.3, -0.25) is 9.59 Å². The van der Waals surface area contributed by atoms with Gasteiger partial charge in [0.05, 0.1) is 22.6 Å². The lowest BCUT2D eigenvalue weighted by Gasteiger charge is -2.38. The molecular weight excluding hydrogens is 398 g/mol. The van der Waals surface area contributed by atoms with E-state index in [-0.39, 0.29) is 17.0 Å². The third-order valence-electron chi connectivity index (χ3n) is 5.31. The molecule has 0 atom stereocenters. The third kappa shape index (κ3) is 4.68. The Hall–Kier alpha value is -2.38. The van der Waals surface area contributed by atoms with Crippen molar-refractivity contribution in [3.63, 3.8) is 0 Å². The van der Waals surface area contributed by atoms with Crippen molar-refractivity contribution in [1.82, 2.24) is 0 Å². The molecule has 0 saturated carbocycles. The van der Waals surface area contributed by atoms with Crippen LogP contribution in [0, 0.1) is 0 Å². The summed E-state index contributed by atoms with van der Waals surface area (Å²) in [6.45, 7) is 11.3. The molecule has 1 aromatic carbocycles. The molecule has 5 N–H and O–H groups in total. The van der Waals surface area contributed by atoms with Gasteiger partial charge in [-0.2, -0.15) is 0 Å². The Morgan fingerprint density at radius 3 is 2.67 bits per heavy atom. The summed E-state index contributed by atoms with van der Waals surface area (Å²) < 4.78 is 5.71. The van der Waals surface area contributed by atoms with Crippen LogP contribution < -0.4 is 21.1 Å². The summed E-state index contributed by atoms with van der Waals surface area (Å²) in [5.74, 6) is -0.125. The van der Waals surface area contributed by atoms with E-state index in [0.29, 0.717) is 28.5 Å². The summed E-state index contributed by atoms with van der Waals surface area (Å²) in [6.07, 6.45) is 2.73. The lowest BCUT2D eigenvalue weighted by Crippen LogP contribution is -3.03. The predicted octanol–water partition coefficient (Wildman–Crippen LogP) is 3.41. The van der Waals surface area contributed by atoms with Gasteiger partial charge in [-0.25, -0.2) is 0 Å². The number of benzene rings is 1. The van der Waals surface area contributed by atoms with Gasteiger partial charge in [-0.05, 0) is 57.9 Å². The Kier molecular flexibility index (Phi) is 6.24. The van der Waals surface area contributed by atoms with Crippen LogP contribution in [0.3, 0.4) is 0 Å². The van der Waals surface area contributed by atoms with E-state index in [9.17, 15) is 9.59 Å². The minimum Gasteiger partial charge on any atom is -0.494 e. The summed E-state index contributed by atoms with van der Waals surface area (Å²) in [5.41, 5.74) is 7.36. The van der Waals surface area contributed by atoms with E-state index in [4.69, 9.17) is 10.5 Å². The lowest BCUT2D eigenvalue weighted by atomic mass is 9.81. The first kappa shape index (κ1) is 22.3. The van der Waals surface area contributed by atoms with Crippen molar-refractivity contribution in [2.75, 3.05) is 11.9 Å². The number of carbonyl (C=O) groups is 2. The van der Waals surface area contributed by atoms with Gasteiger partial charge in [0.25, 0.3) is 11.8 Å². The molecule has 1 aliphatic rings. The molecule has 30 heavy (non-hydrogen) atoms. The number of thiophene rings is 1. The molecule has 0 saturated heterocycles. The largest absolute Gasteiger partial charge is 0.494 e. The smallest absolute Gasteiger partial charge is 0.256 e. The van der Waals surface area contributed by atoms with Crippen LogP contribution in [0.4, 0.5) is 5.00 Å². The molecule has 1 aromatic heterocycles. The van der Waals surface area contributed by atoms with Gasteiger partial charge in [0, 0.05) is 12.0 Å². The fourth-order valence-corrected chi connectivity index (χ4v) is 5.58. The Bertz CT molecular complexity index is 963. The highest BCUT2D eigenvalue weighted by atomic mass is 32.1. The monoisotopic (exact) mass is 430 g/mol. The number of fused-ring (bicyclic) bond motifs is 1. The number of amides is 2. The second-order valence-corrected chi connectivity index (χ2v) is 10.2. The zero-order valence-electron chi connectivity index (χ0n) is 18.4. The van der Waals surface area contributed by atoms with E-state index in [1.165, 1.54) is 11.3 Å². The first-order valence-corrected chi connectivity index (χ1v) is 11.2. The first-order chi connectivity index (χ1) is 14.0. The van der Waals surface area contributed by atoms with E-state index in [0.717, 1.165) is 29.7 Å². The van der Waals surface area contributed by atoms with E-state index < -0.39 is 5.91 Å². The second kappa shape index (κ2) is 8.40. The first-order valence-electron chi connectivity index (χ1n) is 10.4. The summed E-state index contributed by atoms with van der Waals surface area (Å²) >= 11 is 1.45. The minimum absolute atomic E-state index is 0.0623. The molecule has 2 aromatic rings. The van der Waals surface area contributed by atoms with Crippen LogP contribution in [-0.4, -0.2) is 24.0 Å². The number of anilines is 1. The van der Waals surface area contributed by atoms with Crippen molar-refractivity contribution in [2.45, 2.75) is 65.0 Å². The molecule has 7 heteroatoms. The van der Waals surface area contributed by atoms with Crippen LogP contribution >= 0.6 is 11.3 Å². The van der Waals surface area contributed by atoms with Gasteiger partial charge in [0.2, 0.25) is 0 Å². The Morgan fingerprint density at radius 1 is 1.27 bits per heavy atom. The third-order valence-corrected chi connectivity index (χ3v) is 6.80. The van der Waals surface area contributed by atoms with Crippen LogP contribution in [0.15, 0.2) is 24.3 Å². The quantitative estimate of drug-likeness (QED) is 0.587. The normalized spacial score (nSPS) is 16.6. The van der Waals surface area contributed by atoms with Crippen molar-refractivity contribution in [1.29, 1.82) is 0 Å². The highest BCUT2D eigenvalue weighted by molar-refractivity contribution is 7.17. The molecular formula is C23H32N3O3S+. The van der Waals surface area contributed by atoms with Crippen LogP contribution in [-0.2, 0) is 12.0 Å². The zero-order chi connectivity index (χ0) is 22.1. The van der Waals surface area contributed by atoms with E-state index in [1.807, 2.05) is 6.07 Å². The number of hydrogen-bond donors (Lipinski definition) is 3. The molecule has 0 fully saturated rings. The molecule has 0 aliphatic carbocycles. The van der Waals surface area contributed by atoms with Crippen LogP contribution in [0.25, 0.3) is 0 Å². The van der Waals surface area contributed by atoms with Gasteiger partial charge in [-0.15, -0.1) is 11.3 Å². The maximum Gasteiger partial charge on any atom is 0.256 e. The number of unbranched alkanes of at least 4 members (excludes halogenated alkanes) is 1. The molecule has 1 aliphatic heterocycles. The number of quaternary nitrogens is 1. The number of primary amides is 1. The second-order valence-electron chi connectivity index (χ2n) is 9.19. The number of rotatable bonds is 7. The maximum atomic E-state index is 13.0. The summed E-state index contributed by atoms with van der Waals surface area (Å²) in [6, 6.07) is 7.10. The standard InChI is InChI=1S/C23H31N3O3S/c1-6-7-11-29-15-10-8-9-14(12-15)20(28)25-21-17(19(24)27)16-13-22(2,3)26-23(4,5)18(16)30-21/h8-10,12,26H,6-7,11,13H2,1-5H3,(H2,24,27)(H,25,28)/p+1. The molecule has 0 radical (unpaired) electrons. The van der Waals surface area contributed by atoms with Gasteiger partial charge in [-0.1, -0.05) is 19.4 Å². The number of nitrogens with two attached hydrogens (primary N) is 2. The number of ether oxygens (including phenoxy) is 1. The average Bonchev–Trinajstić information content (AvgIpc) is 2.99. The van der Waals surface area contributed by atoms with Crippen molar-refractivity contribution in [3.8, 4) is 5.75 Å². The average molecular weight is 431 g/mol. The Balaban J connectivity index is 1.91. The molecule has 6 nitrogen and oxygen atoms in total.